The fourth-order valence-corrected chi connectivity index (χ4v) is 5.65. The maximum Gasteiger partial charge on any atom is 0.337 e. The van der Waals surface area contributed by atoms with E-state index in [0.29, 0.717) is 12.1 Å². The summed E-state index contributed by atoms with van der Waals surface area (Å²) in [6, 6.07) is 12.5. The van der Waals surface area contributed by atoms with Gasteiger partial charge in [-0.3, -0.25) is 0 Å². The first-order chi connectivity index (χ1) is 12.9. The summed E-state index contributed by atoms with van der Waals surface area (Å²) in [4.78, 5) is 14.5. The van der Waals surface area contributed by atoms with Gasteiger partial charge in [0, 0.05) is 17.0 Å². The summed E-state index contributed by atoms with van der Waals surface area (Å²) in [7, 11) is 1.93. The number of hydrogen-bond acceptors (Lipinski definition) is 3. The standard InChI is InChI=1S/C23H25NO2S/c1-23(2)11-10-18-17(12-23)20(22(25)26)21(27-18)19-15(13-24-3)9-8-14-6-4-5-7-16(14)19/h4-9,24H,10-13H2,1-3H3,(H,25,26). The largest absolute Gasteiger partial charge is 0.478 e. The van der Waals surface area contributed by atoms with Crippen molar-refractivity contribution < 1.29 is 9.90 Å². The van der Waals surface area contributed by atoms with E-state index in [-0.39, 0.29) is 5.41 Å². The molecule has 140 valence electrons. The quantitative estimate of drug-likeness (QED) is 0.629. The minimum atomic E-state index is -0.802. The second-order valence-electron chi connectivity index (χ2n) is 8.21. The van der Waals surface area contributed by atoms with Gasteiger partial charge in [0.1, 0.15) is 0 Å². The van der Waals surface area contributed by atoms with Crippen LogP contribution in [0.4, 0.5) is 0 Å². The highest BCUT2D eigenvalue weighted by Crippen LogP contribution is 2.47. The van der Waals surface area contributed by atoms with Crippen molar-refractivity contribution in [3.8, 4) is 10.4 Å². The lowest BCUT2D eigenvalue weighted by Gasteiger charge is -2.29. The predicted molar refractivity (Wildman–Crippen MR) is 113 cm³/mol. The zero-order valence-electron chi connectivity index (χ0n) is 16.1. The van der Waals surface area contributed by atoms with Crippen molar-refractivity contribution in [1.29, 1.82) is 0 Å². The second-order valence-corrected chi connectivity index (χ2v) is 9.31. The summed E-state index contributed by atoms with van der Waals surface area (Å²) in [6.45, 7) is 5.19. The molecule has 1 aliphatic carbocycles. The van der Waals surface area contributed by atoms with Crippen molar-refractivity contribution in [3.63, 3.8) is 0 Å². The molecule has 2 N–H and O–H groups in total. The first kappa shape index (κ1) is 18.2. The number of fused-ring (bicyclic) bond motifs is 2. The summed E-state index contributed by atoms with van der Waals surface area (Å²) in [6.07, 6.45) is 2.92. The number of nitrogens with one attached hydrogen (secondary N) is 1. The van der Waals surface area contributed by atoms with E-state index in [9.17, 15) is 9.90 Å². The molecule has 1 aromatic heterocycles. The number of carbonyl (C=O) groups is 1. The molecule has 4 rings (SSSR count). The lowest BCUT2D eigenvalue weighted by Crippen LogP contribution is -2.22. The number of hydrogen-bond donors (Lipinski definition) is 2. The molecule has 0 saturated heterocycles. The zero-order valence-corrected chi connectivity index (χ0v) is 16.9. The molecular weight excluding hydrogens is 354 g/mol. The fraction of sp³-hybridized carbons (Fsp3) is 0.348. The van der Waals surface area contributed by atoms with Gasteiger partial charge in [-0.25, -0.2) is 4.79 Å². The first-order valence-corrected chi connectivity index (χ1v) is 10.3. The van der Waals surface area contributed by atoms with Crippen molar-refractivity contribution in [2.75, 3.05) is 7.05 Å². The molecule has 0 unspecified atom stereocenters. The minimum absolute atomic E-state index is 0.155. The summed E-state index contributed by atoms with van der Waals surface area (Å²) >= 11 is 1.69. The molecule has 0 saturated carbocycles. The van der Waals surface area contributed by atoms with Crippen molar-refractivity contribution in [1.82, 2.24) is 5.32 Å². The van der Waals surface area contributed by atoms with Gasteiger partial charge in [0.2, 0.25) is 0 Å². The molecule has 2 aromatic carbocycles. The molecular formula is C23H25NO2S. The van der Waals surface area contributed by atoms with Crippen LogP contribution in [0.5, 0.6) is 0 Å². The van der Waals surface area contributed by atoms with Crippen molar-refractivity contribution in [2.24, 2.45) is 5.41 Å². The van der Waals surface area contributed by atoms with Crippen LogP contribution in [0.2, 0.25) is 0 Å². The van der Waals surface area contributed by atoms with Gasteiger partial charge in [-0.05, 0) is 53.6 Å². The molecule has 1 aliphatic rings. The number of aromatic carboxylic acids is 1. The Morgan fingerprint density at radius 2 is 2.00 bits per heavy atom. The SMILES string of the molecule is CNCc1ccc2ccccc2c1-c1sc2c(c1C(=O)O)CC(C)(C)CC2. The topological polar surface area (TPSA) is 49.3 Å². The molecule has 0 aliphatic heterocycles. The van der Waals surface area contributed by atoms with E-state index in [1.165, 1.54) is 4.88 Å². The van der Waals surface area contributed by atoms with Crippen LogP contribution in [0.3, 0.4) is 0 Å². The zero-order chi connectivity index (χ0) is 19.2. The van der Waals surface area contributed by atoms with Crippen LogP contribution in [0.1, 0.15) is 46.6 Å². The predicted octanol–water partition coefficient (Wildman–Crippen LogP) is 5.50. The van der Waals surface area contributed by atoms with Crippen LogP contribution in [0, 0.1) is 5.41 Å². The minimum Gasteiger partial charge on any atom is -0.478 e. The van der Waals surface area contributed by atoms with Gasteiger partial charge < -0.3 is 10.4 Å². The van der Waals surface area contributed by atoms with E-state index >= 15 is 0 Å². The van der Waals surface area contributed by atoms with Gasteiger partial charge in [-0.1, -0.05) is 50.2 Å². The molecule has 1 heterocycles. The van der Waals surface area contributed by atoms with Crippen molar-refractivity contribution in [2.45, 2.75) is 39.7 Å². The Bertz CT molecular complexity index is 1030. The second kappa shape index (κ2) is 6.77. The first-order valence-electron chi connectivity index (χ1n) is 9.45. The smallest absolute Gasteiger partial charge is 0.337 e. The number of benzene rings is 2. The maximum atomic E-state index is 12.3. The number of carboxylic acid groups (broad SMARTS) is 1. The van der Waals surface area contributed by atoms with Gasteiger partial charge in [0.05, 0.1) is 10.4 Å². The van der Waals surface area contributed by atoms with Gasteiger partial charge in [-0.15, -0.1) is 11.3 Å². The van der Waals surface area contributed by atoms with E-state index in [2.05, 4.69) is 43.4 Å². The lowest BCUT2D eigenvalue weighted by atomic mass is 9.75. The molecule has 0 amide bonds. The monoisotopic (exact) mass is 379 g/mol. The fourth-order valence-electron chi connectivity index (χ4n) is 4.24. The van der Waals surface area contributed by atoms with E-state index in [1.54, 1.807) is 11.3 Å². The summed E-state index contributed by atoms with van der Waals surface area (Å²) in [5.74, 6) is -0.802. The molecule has 0 bridgehead atoms. The Kier molecular flexibility index (Phi) is 4.57. The Hall–Kier alpha value is -2.17. The van der Waals surface area contributed by atoms with Crippen LogP contribution < -0.4 is 5.32 Å². The molecule has 0 atom stereocenters. The highest BCUT2D eigenvalue weighted by Gasteiger charge is 2.33. The average molecular weight is 380 g/mol. The molecule has 0 radical (unpaired) electrons. The molecule has 27 heavy (non-hydrogen) atoms. The summed E-state index contributed by atoms with van der Waals surface area (Å²) in [5, 5.41) is 15.6. The van der Waals surface area contributed by atoms with Gasteiger partial charge >= 0.3 is 5.97 Å². The van der Waals surface area contributed by atoms with Crippen LogP contribution in [0.15, 0.2) is 36.4 Å². The van der Waals surface area contributed by atoms with Crippen molar-refractivity contribution >= 4 is 28.1 Å². The molecule has 0 fully saturated rings. The van der Waals surface area contributed by atoms with E-state index in [0.717, 1.165) is 51.6 Å². The van der Waals surface area contributed by atoms with Crippen LogP contribution >= 0.6 is 11.3 Å². The Balaban J connectivity index is 2.03. The highest BCUT2D eigenvalue weighted by molar-refractivity contribution is 7.16. The highest BCUT2D eigenvalue weighted by atomic mass is 32.1. The molecule has 0 spiro atoms. The van der Waals surface area contributed by atoms with Crippen LogP contribution in [-0.2, 0) is 19.4 Å². The lowest BCUT2D eigenvalue weighted by molar-refractivity contribution is 0.0696. The van der Waals surface area contributed by atoms with Crippen LogP contribution in [-0.4, -0.2) is 18.1 Å². The molecule has 3 aromatic rings. The summed E-state index contributed by atoms with van der Waals surface area (Å²) in [5.41, 5.74) is 3.97. The van der Waals surface area contributed by atoms with Gasteiger partial charge in [-0.2, -0.15) is 0 Å². The van der Waals surface area contributed by atoms with Gasteiger partial charge in [0.25, 0.3) is 0 Å². The third-order valence-corrected chi connectivity index (χ3v) is 6.91. The average Bonchev–Trinajstić information content (AvgIpc) is 2.98. The number of aryl methyl sites for hydroxylation is 1. The van der Waals surface area contributed by atoms with Crippen LogP contribution in [0.25, 0.3) is 21.2 Å². The van der Waals surface area contributed by atoms with Crippen molar-refractivity contribution in [3.05, 3.63) is 58.0 Å². The maximum absolute atomic E-state index is 12.3. The number of carboxylic acids is 1. The van der Waals surface area contributed by atoms with E-state index in [4.69, 9.17) is 0 Å². The third kappa shape index (κ3) is 3.17. The number of thiophene rings is 1. The van der Waals surface area contributed by atoms with Gasteiger partial charge in [0.15, 0.2) is 0 Å². The van der Waals surface area contributed by atoms with E-state index < -0.39 is 5.97 Å². The molecule has 4 heteroatoms. The summed E-state index contributed by atoms with van der Waals surface area (Å²) < 4.78 is 0. The van der Waals surface area contributed by atoms with E-state index in [1.807, 2.05) is 19.2 Å². The Labute approximate surface area is 164 Å². The molecule has 3 nitrogen and oxygen atoms in total. The number of rotatable bonds is 4. The Morgan fingerprint density at radius 1 is 1.22 bits per heavy atom. The third-order valence-electron chi connectivity index (χ3n) is 5.60. The normalized spacial score (nSPS) is 15.7. The Morgan fingerprint density at radius 3 is 2.74 bits per heavy atom.